The number of nitrogens with one attached hydrogen (secondary N) is 1. The van der Waals surface area contributed by atoms with E-state index in [2.05, 4.69) is 22.2 Å². The zero-order chi connectivity index (χ0) is 12.8. The van der Waals surface area contributed by atoms with E-state index in [0.717, 1.165) is 28.6 Å². The third-order valence-corrected chi connectivity index (χ3v) is 3.43. The summed E-state index contributed by atoms with van der Waals surface area (Å²) in [5, 5.41) is 4.26. The van der Waals surface area contributed by atoms with E-state index >= 15 is 0 Å². The van der Waals surface area contributed by atoms with Crippen LogP contribution in [0, 0.1) is 6.92 Å². The van der Waals surface area contributed by atoms with Gasteiger partial charge in [-0.1, -0.05) is 25.1 Å². The van der Waals surface area contributed by atoms with Crippen LogP contribution >= 0.6 is 11.8 Å². The maximum Gasteiger partial charge on any atom is 0.228 e. The monoisotopic (exact) mass is 259 g/mol. The molecule has 4 heteroatoms. The first kappa shape index (κ1) is 12.9. The minimum atomic E-state index is 0.666. The van der Waals surface area contributed by atoms with Crippen molar-refractivity contribution >= 4 is 23.4 Å². The van der Waals surface area contributed by atoms with Crippen LogP contribution in [-0.2, 0) is 0 Å². The third-order valence-electron chi connectivity index (χ3n) is 2.31. The van der Waals surface area contributed by atoms with Gasteiger partial charge >= 0.3 is 0 Å². The average molecular weight is 259 g/mol. The van der Waals surface area contributed by atoms with Crippen molar-refractivity contribution in [3.8, 4) is 0 Å². The SMILES string of the molecule is CCCSc1cc(C)nc(Nc2ccccc2)n1. The summed E-state index contributed by atoms with van der Waals surface area (Å²) in [6.07, 6.45) is 1.15. The Bertz CT molecular complexity index is 500. The number of nitrogens with zero attached hydrogens (tertiary/aromatic N) is 2. The largest absolute Gasteiger partial charge is 0.324 e. The minimum Gasteiger partial charge on any atom is -0.324 e. The van der Waals surface area contributed by atoms with Crippen molar-refractivity contribution in [1.29, 1.82) is 0 Å². The molecule has 0 bridgehead atoms. The van der Waals surface area contributed by atoms with E-state index in [4.69, 9.17) is 0 Å². The summed E-state index contributed by atoms with van der Waals surface area (Å²) in [6.45, 7) is 4.16. The second-order valence-electron chi connectivity index (χ2n) is 4.01. The summed E-state index contributed by atoms with van der Waals surface area (Å²) in [7, 11) is 0. The molecular formula is C14H17N3S. The standard InChI is InChI=1S/C14H17N3S/c1-3-9-18-13-10-11(2)15-14(17-13)16-12-7-5-4-6-8-12/h4-8,10H,3,9H2,1-2H3,(H,15,16,17). The molecule has 0 amide bonds. The normalized spacial score (nSPS) is 10.3. The molecule has 0 spiro atoms. The highest BCUT2D eigenvalue weighted by molar-refractivity contribution is 7.99. The van der Waals surface area contributed by atoms with Gasteiger partial charge in [-0.2, -0.15) is 0 Å². The van der Waals surface area contributed by atoms with Crippen LogP contribution in [0.15, 0.2) is 41.4 Å². The summed E-state index contributed by atoms with van der Waals surface area (Å²) in [6, 6.07) is 12.0. The quantitative estimate of drug-likeness (QED) is 0.650. The molecule has 0 saturated carbocycles. The molecule has 0 radical (unpaired) electrons. The Balaban J connectivity index is 2.15. The molecule has 2 aromatic rings. The predicted octanol–water partition coefficient (Wildman–Crippen LogP) is 4.03. The third kappa shape index (κ3) is 3.74. The smallest absolute Gasteiger partial charge is 0.228 e. The zero-order valence-corrected chi connectivity index (χ0v) is 11.5. The van der Waals surface area contributed by atoms with Crippen molar-refractivity contribution in [1.82, 2.24) is 9.97 Å². The lowest BCUT2D eigenvalue weighted by atomic mass is 10.3. The minimum absolute atomic E-state index is 0.666. The van der Waals surface area contributed by atoms with Gasteiger partial charge in [-0.15, -0.1) is 11.8 Å². The Morgan fingerprint density at radius 3 is 2.67 bits per heavy atom. The Kier molecular flexibility index (Phi) is 4.59. The highest BCUT2D eigenvalue weighted by atomic mass is 32.2. The number of hydrogen-bond donors (Lipinski definition) is 1. The van der Waals surface area contributed by atoms with E-state index in [1.165, 1.54) is 0 Å². The van der Waals surface area contributed by atoms with E-state index in [1.54, 1.807) is 11.8 Å². The molecule has 0 aliphatic heterocycles. The van der Waals surface area contributed by atoms with Crippen molar-refractivity contribution in [2.24, 2.45) is 0 Å². The second-order valence-corrected chi connectivity index (χ2v) is 5.13. The van der Waals surface area contributed by atoms with Gasteiger partial charge < -0.3 is 5.32 Å². The lowest BCUT2D eigenvalue weighted by Crippen LogP contribution is -1.99. The Morgan fingerprint density at radius 1 is 1.17 bits per heavy atom. The molecule has 3 nitrogen and oxygen atoms in total. The van der Waals surface area contributed by atoms with Gasteiger partial charge in [0.2, 0.25) is 5.95 Å². The number of rotatable bonds is 5. The van der Waals surface area contributed by atoms with Gasteiger partial charge in [0, 0.05) is 11.4 Å². The number of hydrogen-bond acceptors (Lipinski definition) is 4. The Morgan fingerprint density at radius 2 is 1.94 bits per heavy atom. The highest BCUT2D eigenvalue weighted by Gasteiger charge is 2.02. The van der Waals surface area contributed by atoms with Crippen LogP contribution in [0.3, 0.4) is 0 Å². The summed E-state index contributed by atoms with van der Waals surface area (Å²) in [5.41, 5.74) is 2.00. The number of aryl methyl sites for hydroxylation is 1. The summed E-state index contributed by atoms with van der Waals surface area (Å²) in [5.74, 6) is 1.75. The number of aromatic nitrogens is 2. The topological polar surface area (TPSA) is 37.8 Å². The van der Waals surface area contributed by atoms with Gasteiger partial charge in [0.25, 0.3) is 0 Å². The van der Waals surface area contributed by atoms with Crippen LogP contribution in [0.1, 0.15) is 19.0 Å². The Labute approximate surface area is 112 Å². The molecule has 1 N–H and O–H groups in total. The maximum absolute atomic E-state index is 4.51. The fraction of sp³-hybridized carbons (Fsp3) is 0.286. The van der Waals surface area contributed by atoms with E-state index < -0.39 is 0 Å². The molecule has 1 aromatic heterocycles. The molecule has 0 saturated heterocycles. The first-order valence-corrected chi connectivity index (χ1v) is 7.07. The number of thioether (sulfide) groups is 1. The Hall–Kier alpha value is -1.55. The highest BCUT2D eigenvalue weighted by Crippen LogP contribution is 2.20. The number of benzene rings is 1. The fourth-order valence-electron chi connectivity index (χ4n) is 1.53. The van der Waals surface area contributed by atoms with E-state index in [0.29, 0.717) is 5.95 Å². The van der Waals surface area contributed by atoms with Gasteiger partial charge in [0.1, 0.15) is 5.03 Å². The number of anilines is 2. The molecule has 2 rings (SSSR count). The molecule has 0 fully saturated rings. The van der Waals surface area contributed by atoms with Crippen LogP contribution in [0.5, 0.6) is 0 Å². The van der Waals surface area contributed by atoms with Gasteiger partial charge in [-0.25, -0.2) is 9.97 Å². The van der Waals surface area contributed by atoms with Crippen molar-refractivity contribution in [2.75, 3.05) is 11.1 Å². The molecule has 1 aromatic carbocycles. The van der Waals surface area contributed by atoms with Crippen molar-refractivity contribution < 1.29 is 0 Å². The fourth-order valence-corrected chi connectivity index (χ4v) is 2.34. The van der Waals surface area contributed by atoms with Crippen molar-refractivity contribution in [2.45, 2.75) is 25.3 Å². The van der Waals surface area contributed by atoms with Gasteiger partial charge in [-0.05, 0) is 37.3 Å². The summed E-state index contributed by atoms with van der Waals surface area (Å²) in [4.78, 5) is 8.91. The first-order chi connectivity index (χ1) is 8.78. The molecule has 18 heavy (non-hydrogen) atoms. The molecule has 0 aliphatic rings. The van der Waals surface area contributed by atoms with Crippen LogP contribution in [-0.4, -0.2) is 15.7 Å². The van der Waals surface area contributed by atoms with Gasteiger partial charge in [0.15, 0.2) is 0 Å². The van der Waals surface area contributed by atoms with E-state index in [-0.39, 0.29) is 0 Å². The predicted molar refractivity (Wildman–Crippen MR) is 77.5 cm³/mol. The average Bonchev–Trinajstić information content (AvgIpc) is 2.37. The lowest BCUT2D eigenvalue weighted by Gasteiger charge is -2.07. The molecular weight excluding hydrogens is 242 g/mol. The molecule has 0 atom stereocenters. The zero-order valence-electron chi connectivity index (χ0n) is 10.7. The second kappa shape index (κ2) is 6.40. The molecule has 0 unspecified atom stereocenters. The van der Waals surface area contributed by atoms with E-state index in [1.807, 2.05) is 43.3 Å². The first-order valence-electron chi connectivity index (χ1n) is 6.08. The molecule has 1 heterocycles. The van der Waals surface area contributed by atoms with Crippen molar-refractivity contribution in [3.05, 3.63) is 42.1 Å². The van der Waals surface area contributed by atoms with Crippen LogP contribution < -0.4 is 5.32 Å². The van der Waals surface area contributed by atoms with Gasteiger partial charge in [-0.3, -0.25) is 0 Å². The summed E-state index contributed by atoms with van der Waals surface area (Å²) >= 11 is 1.77. The molecule has 94 valence electrons. The van der Waals surface area contributed by atoms with E-state index in [9.17, 15) is 0 Å². The molecule has 0 aliphatic carbocycles. The lowest BCUT2D eigenvalue weighted by molar-refractivity contribution is 1.01. The van der Waals surface area contributed by atoms with Crippen molar-refractivity contribution in [3.63, 3.8) is 0 Å². The van der Waals surface area contributed by atoms with Crippen LogP contribution in [0.2, 0.25) is 0 Å². The van der Waals surface area contributed by atoms with Crippen LogP contribution in [0.25, 0.3) is 0 Å². The number of para-hydroxylation sites is 1. The summed E-state index contributed by atoms with van der Waals surface area (Å²) < 4.78 is 0. The van der Waals surface area contributed by atoms with Crippen LogP contribution in [0.4, 0.5) is 11.6 Å². The maximum atomic E-state index is 4.51. The van der Waals surface area contributed by atoms with Gasteiger partial charge in [0.05, 0.1) is 0 Å².